The minimum Gasteiger partial charge on any atom is -0.459 e. The molecule has 1 N–H and O–H groups in total. The third-order valence-corrected chi connectivity index (χ3v) is 6.37. The van der Waals surface area contributed by atoms with Crippen LogP contribution in [0.2, 0.25) is 0 Å². The van der Waals surface area contributed by atoms with Crippen LogP contribution in [0.1, 0.15) is 31.4 Å². The number of piperazine rings is 1. The van der Waals surface area contributed by atoms with Gasteiger partial charge in [-0.05, 0) is 47.9 Å². The summed E-state index contributed by atoms with van der Waals surface area (Å²) >= 11 is 1.28. The highest BCUT2D eigenvalue weighted by molar-refractivity contribution is 7.13. The molecule has 0 radical (unpaired) electrons. The number of benzene rings is 2. The maximum atomic E-state index is 13.0. The van der Waals surface area contributed by atoms with Crippen LogP contribution in [0.15, 0.2) is 71.3 Å². The molecule has 5 rings (SSSR count). The molecule has 2 aromatic carbocycles. The molecule has 1 aliphatic rings. The predicted octanol–water partition coefficient (Wildman–Crippen LogP) is 3.74. The van der Waals surface area contributed by atoms with Crippen molar-refractivity contribution in [3.05, 3.63) is 83.9 Å². The second-order valence-corrected chi connectivity index (χ2v) is 8.43. The molecule has 1 fully saturated rings. The quantitative estimate of drug-likeness (QED) is 0.501. The van der Waals surface area contributed by atoms with Gasteiger partial charge in [0.1, 0.15) is 5.69 Å². The summed E-state index contributed by atoms with van der Waals surface area (Å²) in [5.74, 6) is -0.338. The first-order chi connectivity index (χ1) is 16.1. The van der Waals surface area contributed by atoms with E-state index < -0.39 is 0 Å². The molecule has 0 aliphatic carbocycles. The van der Waals surface area contributed by atoms with Gasteiger partial charge in [0, 0.05) is 42.8 Å². The Hall–Kier alpha value is -3.98. The van der Waals surface area contributed by atoms with Gasteiger partial charge >= 0.3 is 0 Å². The molecule has 0 spiro atoms. The van der Waals surface area contributed by atoms with E-state index in [1.807, 2.05) is 24.3 Å². The highest BCUT2D eigenvalue weighted by Gasteiger charge is 2.26. The third kappa shape index (κ3) is 4.22. The zero-order valence-electron chi connectivity index (χ0n) is 17.6. The normalized spacial score (nSPS) is 13.8. The standard InChI is InChI=1S/C24H20N4O4S/c29-22(21-18-7-1-2-9-20(18)33-26-21)25-17-6-3-5-16(15-17)23(30)27-10-12-28(13-11-27)24(31)19-8-4-14-32-19/h1-9,14-15H,10-13H2,(H,25,29). The lowest BCUT2D eigenvalue weighted by molar-refractivity contribution is 0.0518. The molecule has 166 valence electrons. The minimum absolute atomic E-state index is 0.143. The van der Waals surface area contributed by atoms with Gasteiger partial charge in [-0.25, -0.2) is 0 Å². The maximum absolute atomic E-state index is 13.0. The first-order valence-corrected chi connectivity index (χ1v) is 11.3. The predicted molar refractivity (Wildman–Crippen MR) is 125 cm³/mol. The number of anilines is 1. The lowest BCUT2D eigenvalue weighted by Crippen LogP contribution is -2.50. The van der Waals surface area contributed by atoms with E-state index in [0.29, 0.717) is 48.9 Å². The van der Waals surface area contributed by atoms with E-state index in [1.165, 1.54) is 17.8 Å². The summed E-state index contributed by atoms with van der Waals surface area (Å²) in [5, 5.41) is 3.64. The van der Waals surface area contributed by atoms with Crippen LogP contribution in [0, 0.1) is 0 Å². The highest BCUT2D eigenvalue weighted by atomic mass is 32.1. The molecule has 9 heteroatoms. The van der Waals surface area contributed by atoms with E-state index in [-0.39, 0.29) is 17.7 Å². The van der Waals surface area contributed by atoms with Crippen molar-refractivity contribution in [3.63, 3.8) is 0 Å². The second kappa shape index (κ2) is 8.87. The van der Waals surface area contributed by atoms with Crippen molar-refractivity contribution in [3.8, 4) is 0 Å². The van der Waals surface area contributed by atoms with Crippen molar-refractivity contribution in [2.45, 2.75) is 0 Å². The third-order valence-electron chi connectivity index (χ3n) is 5.55. The Morgan fingerprint density at radius 2 is 1.64 bits per heavy atom. The molecule has 0 unspecified atom stereocenters. The number of hydrogen-bond donors (Lipinski definition) is 1. The first kappa shape index (κ1) is 20.9. The Labute approximate surface area is 193 Å². The van der Waals surface area contributed by atoms with Gasteiger partial charge in [0.15, 0.2) is 5.76 Å². The van der Waals surface area contributed by atoms with Gasteiger partial charge in [0.25, 0.3) is 17.7 Å². The van der Waals surface area contributed by atoms with Crippen molar-refractivity contribution in [2.75, 3.05) is 31.5 Å². The number of nitrogens with zero attached hydrogens (tertiary/aromatic N) is 3. The number of fused-ring (bicyclic) bond motifs is 1. The van der Waals surface area contributed by atoms with Crippen LogP contribution in [0.25, 0.3) is 10.1 Å². The number of hydrogen-bond acceptors (Lipinski definition) is 6. The van der Waals surface area contributed by atoms with Gasteiger partial charge < -0.3 is 19.5 Å². The Bertz CT molecular complexity index is 1320. The van der Waals surface area contributed by atoms with Gasteiger partial charge in [-0.1, -0.05) is 24.3 Å². The molecule has 0 saturated carbocycles. The molecule has 0 atom stereocenters. The zero-order valence-corrected chi connectivity index (χ0v) is 18.4. The van der Waals surface area contributed by atoms with Gasteiger partial charge in [0.05, 0.1) is 11.0 Å². The van der Waals surface area contributed by atoms with Gasteiger partial charge in [-0.15, -0.1) is 0 Å². The average Bonchev–Trinajstić information content (AvgIpc) is 3.54. The zero-order chi connectivity index (χ0) is 22.8. The van der Waals surface area contributed by atoms with E-state index in [9.17, 15) is 14.4 Å². The summed E-state index contributed by atoms with van der Waals surface area (Å²) in [6.45, 7) is 1.70. The number of amides is 3. The molecule has 0 bridgehead atoms. The SMILES string of the molecule is O=C(Nc1cccc(C(=O)N2CCN(C(=O)c3ccco3)CC2)c1)c1nsc2ccccc12. The summed E-state index contributed by atoms with van der Waals surface area (Å²) in [6, 6.07) is 17.7. The number of carbonyl (C=O) groups excluding carboxylic acids is 3. The Morgan fingerprint density at radius 3 is 2.39 bits per heavy atom. The maximum Gasteiger partial charge on any atom is 0.289 e. The van der Waals surface area contributed by atoms with Crippen molar-refractivity contribution >= 4 is 45.0 Å². The van der Waals surface area contributed by atoms with Crippen LogP contribution in [-0.2, 0) is 0 Å². The van der Waals surface area contributed by atoms with E-state index in [1.54, 1.807) is 46.2 Å². The molecular weight excluding hydrogens is 440 g/mol. The monoisotopic (exact) mass is 460 g/mol. The van der Waals surface area contributed by atoms with Crippen molar-refractivity contribution in [1.82, 2.24) is 14.2 Å². The van der Waals surface area contributed by atoms with Gasteiger partial charge in [-0.2, -0.15) is 4.37 Å². The van der Waals surface area contributed by atoms with Crippen LogP contribution >= 0.6 is 11.5 Å². The summed E-state index contributed by atoms with van der Waals surface area (Å²) < 4.78 is 10.4. The molecule has 1 saturated heterocycles. The number of carbonyl (C=O) groups is 3. The van der Waals surface area contributed by atoms with E-state index in [0.717, 1.165) is 10.1 Å². The van der Waals surface area contributed by atoms with Crippen molar-refractivity contribution in [1.29, 1.82) is 0 Å². The van der Waals surface area contributed by atoms with E-state index in [2.05, 4.69) is 9.69 Å². The molecule has 3 heterocycles. The molecule has 4 aromatic rings. The molecule has 1 aliphatic heterocycles. The van der Waals surface area contributed by atoms with Gasteiger partial charge in [-0.3, -0.25) is 14.4 Å². The summed E-state index contributed by atoms with van der Waals surface area (Å²) in [5.41, 5.74) is 1.36. The summed E-state index contributed by atoms with van der Waals surface area (Å²) in [4.78, 5) is 41.6. The number of furan rings is 1. The van der Waals surface area contributed by atoms with Crippen molar-refractivity contribution < 1.29 is 18.8 Å². The van der Waals surface area contributed by atoms with Gasteiger partial charge in [0.2, 0.25) is 0 Å². The molecular formula is C24H20N4O4S. The number of nitrogens with one attached hydrogen (secondary N) is 1. The molecule has 3 amide bonds. The Balaban J connectivity index is 1.24. The van der Waals surface area contributed by atoms with Crippen LogP contribution in [0.4, 0.5) is 5.69 Å². The van der Waals surface area contributed by atoms with Crippen LogP contribution in [-0.4, -0.2) is 58.1 Å². The fourth-order valence-electron chi connectivity index (χ4n) is 3.82. The fourth-order valence-corrected chi connectivity index (χ4v) is 4.59. The lowest BCUT2D eigenvalue weighted by Gasteiger charge is -2.34. The number of rotatable bonds is 4. The van der Waals surface area contributed by atoms with Crippen LogP contribution in [0.3, 0.4) is 0 Å². The lowest BCUT2D eigenvalue weighted by atomic mass is 10.1. The van der Waals surface area contributed by atoms with E-state index >= 15 is 0 Å². The first-order valence-electron chi connectivity index (χ1n) is 10.5. The Morgan fingerprint density at radius 1 is 0.879 bits per heavy atom. The summed E-state index contributed by atoms with van der Waals surface area (Å²) in [7, 11) is 0. The largest absolute Gasteiger partial charge is 0.459 e. The van der Waals surface area contributed by atoms with Crippen LogP contribution < -0.4 is 5.32 Å². The smallest absolute Gasteiger partial charge is 0.289 e. The highest BCUT2D eigenvalue weighted by Crippen LogP contribution is 2.23. The molecule has 33 heavy (non-hydrogen) atoms. The Kier molecular flexibility index (Phi) is 5.62. The van der Waals surface area contributed by atoms with Crippen LogP contribution in [0.5, 0.6) is 0 Å². The van der Waals surface area contributed by atoms with E-state index in [4.69, 9.17) is 4.42 Å². The average molecular weight is 461 g/mol. The second-order valence-electron chi connectivity index (χ2n) is 7.62. The molecule has 2 aromatic heterocycles. The summed E-state index contributed by atoms with van der Waals surface area (Å²) in [6.07, 6.45) is 1.47. The minimum atomic E-state index is -0.317. The molecule has 8 nitrogen and oxygen atoms in total. The number of aromatic nitrogens is 1. The topological polar surface area (TPSA) is 95.8 Å². The fraction of sp³-hybridized carbons (Fsp3) is 0.167. The van der Waals surface area contributed by atoms with Crippen molar-refractivity contribution in [2.24, 2.45) is 0 Å².